The Bertz CT molecular complexity index is 753. The smallest absolute Gasteiger partial charge is 0.299 e. The number of alkyl halides is 3. The van der Waals surface area contributed by atoms with Crippen LogP contribution in [0.25, 0.3) is 0 Å². The van der Waals surface area contributed by atoms with Crippen molar-refractivity contribution in [2.45, 2.75) is 52.1 Å². The molecule has 2 nitrogen and oxygen atoms in total. The average Bonchev–Trinajstić information content (AvgIpc) is 2.85. The summed E-state index contributed by atoms with van der Waals surface area (Å²) in [5.41, 5.74) is -1.32. The van der Waals surface area contributed by atoms with Crippen LogP contribution < -0.4 is 0 Å². The van der Waals surface area contributed by atoms with E-state index in [2.05, 4.69) is 0 Å². The molecule has 0 aromatic carbocycles. The summed E-state index contributed by atoms with van der Waals surface area (Å²) in [6, 6.07) is 0. The van der Waals surface area contributed by atoms with Gasteiger partial charge < -0.3 is 0 Å². The van der Waals surface area contributed by atoms with Crippen LogP contribution in [0.1, 0.15) is 46.0 Å². The lowest BCUT2D eigenvalue weighted by Gasteiger charge is -2.57. The predicted molar refractivity (Wildman–Crippen MR) is 91.3 cm³/mol. The van der Waals surface area contributed by atoms with Gasteiger partial charge in [0.25, 0.3) is 0 Å². The van der Waals surface area contributed by atoms with Gasteiger partial charge in [0.2, 0.25) is 0 Å². The van der Waals surface area contributed by atoms with Crippen LogP contribution in [0.4, 0.5) is 13.2 Å². The molecule has 0 aromatic rings. The summed E-state index contributed by atoms with van der Waals surface area (Å²) in [5.74, 6) is -2.26. The molecule has 0 unspecified atom stereocenters. The van der Waals surface area contributed by atoms with E-state index in [0.717, 1.165) is 0 Å². The molecule has 0 bridgehead atoms. The molecule has 0 N–H and O–H groups in total. The first-order valence-corrected chi connectivity index (χ1v) is 9.61. The van der Waals surface area contributed by atoms with E-state index in [-0.39, 0.29) is 40.6 Å². The number of Topliss-reactive ketones (excluding diaryl/α,β-unsaturated/α-hetero) is 1. The molecule has 0 heterocycles. The number of halogens is 4. The van der Waals surface area contributed by atoms with Gasteiger partial charge in [0.15, 0.2) is 5.78 Å². The summed E-state index contributed by atoms with van der Waals surface area (Å²) < 4.78 is 41.9. The van der Waals surface area contributed by atoms with Crippen LogP contribution in [0.3, 0.4) is 0 Å². The summed E-state index contributed by atoms with van der Waals surface area (Å²) in [6.07, 6.45) is 0.990. The van der Waals surface area contributed by atoms with E-state index in [0.29, 0.717) is 25.7 Å². The predicted octanol–water partition coefficient (Wildman–Crippen LogP) is 5.22. The molecule has 0 spiro atoms. The molecule has 3 saturated carbocycles. The SMILES string of the molecule is C[C@]12C=CC(=O)C(Cl)=C1[C@@H](C(F)(F)F)C[C@@H]1[C@@H]2CC[C@]2(C)C(=O)CC[C@@H]12. The second kappa shape index (κ2) is 5.46. The van der Waals surface area contributed by atoms with Crippen LogP contribution in [0.2, 0.25) is 0 Å². The number of ketones is 2. The van der Waals surface area contributed by atoms with Crippen molar-refractivity contribution in [1.82, 2.24) is 0 Å². The maximum absolute atomic E-state index is 14.0. The van der Waals surface area contributed by atoms with E-state index in [1.807, 2.05) is 6.92 Å². The minimum Gasteiger partial charge on any atom is -0.299 e. The maximum Gasteiger partial charge on any atom is 0.395 e. The van der Waals surface area contributed by atoms with Gasteiger partial charge in [-0.2, -0.15) is 13.2 Å². The van der Waals surface area contributed by atoms with E-state index < -0.39 is 28.7 Å². The van der Waals surface area contributed by atoms with Gasteiger partial charge in [-0.25, -0.2) is 0 Å². The fourth-order valence-electron chi connectivity index (χ4n) is 6.45. The maximum atomic E-state index is 14.0. The summed E-state index contributed by atoms with van der Waals surface area (Å²) in [5, 5.41) is -0.258. The number of allylic oxidation sites excluding steroid dienone is 4. The highest BCUT2D eigenvalue weighted by Crippen LogP contribution is 2.67. The standard InChI is InChI=1S/C20H22ClF3O2/c1-18-7-5-12-10(11(18)3-4-15(18)26)9-13(20(22,23)24)16-17(21)14(25)6-8-19(12,16)2/h6,8,10-13H,3-5,7,9H2,1-2H3/t10-,11-,12-,13-,18-,19+/m0/s1. The third-order valence-corrected chi connectivity index (χ3v) is 8.17. The van der Waals surface area contributed by atoms with Crippen molar-refractivity contribution in [3.63, 3.8) is 0 Å². The molecule has 0 radical (unpaired) electrons. The molecule has 4 aliphatic carbocycles. The van der Waals surface area contributed by atoms with Gasteiger partial charge >= 0.3 is 6.18 Å². The molecule has 0 aromatic heterocycles. The quantitative estimate of drug-likeness (QED) is 0.572. The average molecular weight is 387 g/mol. The Hall–Kier alpha value is -1.10. The topological polar surface area (TPSA) is 34.1 Å². The summed E-state index contributed by atoms with van der Waals surface area (Å²) in [7, 11) is 0. The first-order valence-electron chi connectivity index (χ1n) is 9.24. The summed E-state index contributed by atoms with van der Waals surface area (Å²) in [4.78, 5) is 24.4. The van der Waals surface area contributed by atoms with Crippen LogP contribution in [0.5, 0.6) is 0 Å². The van der Waals surface area contributed by atoms with E-state index in [1.54, 1.807) is 13.0 Å². The molecule has 0 amide bonds. The minimum absolute atomic E-state index is 0.0122. The number of carbonyl (C=O) groups is 2. The number of hydrogen-bond acceptors (Lipinski definition) is 2. The minimum atomic E-state index is -4.45. The van der Waals surface area contributed by atoms with Gasteiger partial charge in [-0.1, -0.05) is 31.5 Å². The molecule has 26 heavy (non-hydrogen) atoms. The highest BCUT2D eigenvalue weighted by Gasteiger charge is 2.64. The Morgan fingerprint density at radius 2 is 1.85 bits per heavy atom. The van der Waals surface area contributed by atoms with Crippen molar-refractivity contribution >= 4 is 23.2 Å². The molecular formula is C20H22ClF3O2. The Morgan fingerprint density at radius 1 is 1.15 bits per heavy atom. The molecular weight excluding hydrogens is 365 g/mol. The zero-order valence-electron chi connectivity index (χ0n) is 14.8. The van der Waals surface area contributed by atoms with E-state index in [9.17, 15) is 22.8 Å². The highest BCUT2D eigenvalue weighted by molar-refractivity contribution is 6.45. The molecule has 3 fully saturated rings. The van der Waals surface area contributed by atoms with Crippen LogP contribution in [0, 0.1) is 34.5 Å². The van der Waals surface area contributed by atoms with E-state index in [1.165, 1.54) is 6.08 Å². The molecule has 6 heteroatoms. The molecule has 4 rings (SSSR count). The zero-order chi connectivity index (χ0) is 19.1. The van der Waals surface area contributed by atoms with Crippen LogP contribution >= 0.6 is 11.6 Å². The van der Waals surface area contributed by atoms with Crippen molar-refractivity contribution in [2.75, 3.05) is 0 Å². The Balaban J connectivity index is 1.85. The molecule has 142 valence electrons. The van der Waals surface area contributed by atoms with Crippen LogP contribution in [-0.2, 0) is 9.59 Å². The molecule has 4 aliphatic rings. The number of carbonyl (C=O) groups excluding carboxylic acids is 2. The number of hydrogen-bond donors (Lipinski definition) is 0. The fraction of sp³-hybridized carbons (Fsp3) is 0.700. The van der Waals surface area contributed by atoms with E-state index >= 15 is 0 Å². The van der Waals surface area contributed by atoms with Gasteiger partial charge in [-0.15, -0.1) is 0 Å². The first kappa shape index (κ1) is 18.3. The van der Waals surface area contributed by atoms with E-state index in [4.69, 9.17) is 11.6 Å². The third kappa shape index (κ3) is 2.25. The highest BCUT2D eigenvalue weighted by atomic mass is 35.5. The monoisotopic (exact) mass is 386 g/mol. The first-order chi connectivity index (χ1) is 12.0. The number of rotatable bonds is 0. The van der Waals surface area contributed by atoms with Crippen molar-refractivity contribution in [3.05, 3.63) is 22.8 Å². The normalized spacial score (nSPS) is 45.5. The molecule has 0 aliphatic heterocycles. The lowest BCUT2D eigenvalue weighted by atomic mass is 9.46. The fourth-order valence-corrected chi connectivity index (χ4v) is 6.85. The van der Waals surface area contributed by atoms with Gasteiger partial charge in [0.05, 0.1) is 11.0 Å². The summed E-state index contributed by atoms with van der Waals surface area (Å²) >= 11 is 6.15. The van der Waals surface area contributed by atoms with Gasteiger partial charge in [0, 0.05) is 17.3 Å². The van der Waals surface area contributed by atoms with Crippen molar-refractivity contribution < 1.29 is 22.8 Å². The van der Waals surface area contributed by atoms with Crippen LogP contribution in [-0.4, -0.2) is 17.7 Å². The lowest BCUT2D eigenvalue weighted by molar-refractivity contribution is -0.189. The van der Waals surface area contributed by atoms with Gasteiger partial charge in [-0.3, -0.25) is 9.59 Å². The Morgan fingerprint density at radius 3 is 2.50 bits per heavy atom. The van der Waals surface area contributed by atoms with Crippen molar-refractivity contribution in [3.8, 4) is 0 Å². The largest absolute Gasteiger partial charge is 0.395 e. The summed E-state index contributed by atoms with van der Waals surface area (Å²) in [6.45, 7) is 3.73. The lowest BCUT2D eigenvalue weighted by Crippen LogP contribution is -2.54. The van der Waals surface area contributed by atoms with Gasteiger partial charge in [-0.05, 0) is 55.1 Å². The van der Waals surface area contributed by atoms with Crippen molar-refractivity contribution in [1.29, 1.82) is 0 Å². The van der Waals surface area contributed by atoms with Crippen molar-refractivity contribution in [2.24, 2.45) is 34.5 Å². The molecule has 6 atom stereocenters. The van der Waals surface area contributed by atoms with Gasteiger partial charge in [0.1, 0.15) is 5.78 Å². The Labute approximate surface area is 155 Å². The number of fused-ring (bicyclic) bond motifs is 5. The zero-order valence-corrected chi connectivity index (χ0v) is 15.6. The molecule has 0 saturated heterocycles. The van der Waals surface area contributed by atoms with Crippen LogP contribution in [0.15, 0.2) is 22.8 Å². The third-order valence-electron chi connectivity index (χ3n) is 7.78. The Kier molecular flexibility index (Phi) is 3.84. The second-order valence-corrected chi connectivity index (χ2v) is 9.21. The second-order valence-electron chi connectivity index (χ2n) is 8.83.